The first kappa shape index (κ1) is 14.4. The van der Waals surface area contributed by atoms with Crippen molar-refractivity contribution in [3.8, 4) is 0 Å². The van der Waals surface area contributed by atoms with E-state index in [0.29, 0.717) is 5.41 Å². The summed E-state index contributed by atoms with van der Waals surface area (Å²) in [6, 6.07) is 0.792. The summed E-state index contributed by atoms with van der Waals surface area (Å²) < 4.78 is 0. The van der Waals surface area contributed by atoms with Gasteiger partial charge in [0.05, 0.1) is 0 Å². The number of hydrogen-bond acceptors (Lipinski definition) is 1. The Balaban J connectivity index is 1.93. The molecule has 1 atom stereocenters. The van der Waals surface area contributed by atoms with E-state index in [1.54, 1.807) is 0 Å². The third-order valence-electron chi connectivity index (χ3n) is 5.52. The molecule has 0 aromatic carbocycles. The number of nitrogens with one attached hydrogen (secondary N) is 1. The van der Waals surface area contributed by atoms with Crippen LogP contribution in [0.1, 0.15) is 84.5 Å². The van der Waals surface area contributed by atoms with Crippen LogP contribution in [0.3, 0.4) is 0 Å². The zero-order valence-electron chi connectivity index (χ0n) is 12.6. The van der Waals surface area contributed by atoms with E-state index in [0.717, 1.165) is 12.0 Å². The fraction of sp³-hybridized carbons (Fsp3) is 1.00. The van der Waals surface area contributed by atoms with Crippen molar-refractivity contribution in [2.24, 2.45) is 11.3 Å². The molecule has 1 unspecified atom stereocenters. The lowest BCUT2D eigenvalue weighted by molar-refractivity contribution is 0.125. The molecular formula is C17H33N. The van der Waals surface area contributed by atoms with Crippen molar-refractivity contribution in [2.75, 3.05) is 6.54 Å². The minimum absolute atomic E-state index is 0.593. The first-order valence-electron chi connectivity index (χ1n) is 8.48. The van der Waals surface area contributed by atoms with Crippen LogP contribution in [-0.2, 0) is 0 Å². The second-order valence-electron chi connectivity index (χ2n) is 7.11. The molecule has 2 aliphatic carbocycles. The van der Waals surface area contributed by atoms with Gasteiger partial charge in [0, 0.05) is 6.04 Å². The molecule has 2 fully saturated rings. The summed E-state index contributed by atoms with van der Waals surface area (Å²) in [5.41, 5.74) is 0.593. The molecule has 0 aliphatic heterocycles. The van der Waals surface area contributed by atoms with Gasteiger partial charge in [0.25, 0.3) is 0 Å². The maximum Gasteiger partial charge on any atom is 0.0123 e. The van der Waals surface area contributed by atoms with Crippen LogP contribution in [0.4, 0.5) is 0 Å². The first-order valence-corrected chi connectivity index (χ1v) is 8.48. The highest BCUT2D eigenvalue weighted by atomic mass is 14.9. The maximum absolute atomic E-state index is 3.91. The molecule has 18 heavy (non-hydrogen) atoms. The quantitative estimate of drug-likeness (QED) is 0.707. The van der Waals surface area contributed by atoms with Gasteiger partial charge in [-0.05, 0) is 43.6 Å². The van der Waals surface area contributed by atoms with Gasteiger partial charge >= 0.3 is 0 Å². The lowest BCUT2D eigenvalue weighted by Crippen LogP contribution is -2.46. The molecule has 2 rings (SSSR count). The maximum atomic E-state index is 3.91. The average Bonchev–Trinajstić information content (AvgIpc) is 2.88. The van der Waals surface area contributed by atoms with E-state index in [4.69, 9.17) is 0 Å². The Labute approximate surface area is 114 Å². The third kappa shape index (κ3) is 3.73. The average molecular weight is 251 g/mol. The molecule has 0 radical (unpaired) electrons. The van der Waals surface area contributed by atoms with E-state index in [1.807, 2.05) is 0 Å². The highest BCUT2D eigenvalue weighted by Gasteiger charge is 2.36. The van der Waals surface area contributed by atoms with Gasteiger partial charge in [-0.15, -0.1) is 0 Å². The Morgan fingerprint density at radius 3 is 2.33 bits per heavy atom. The van der Waals surface area contributed by atoms with Crippen LogP contribution < -0.4 is 5.32 Å². The zero-order chi connectivity index (χ0) is 12.8. The van der Waals surface area contributed by atoms with Crippen LogP contribution in [-0.4, -0.2) is 12.6 Å². The molecule has 0 aromatic heterocycles. The van der Waals surface area contributed by atoms with Gasteiger partial charge in [0.15, 0.2) is 0 Å². The van der Waals surface area contributed by atoms with Crippen molar-refractivity contribution in [3.05, 3.63) is 0 Å². The van der Waals surface area contributed by atoms with Crippen LogP contribution in [0.25, 0.3) is 0 Å². The fourth-order valence-corrected chi connectivity index (χ4v) is 4.22. The summed E-state index contributed by atoms with van der Waals surface area (Å²) in [4.78, 5) is 0. The molecule has 1 N–H and O–H groups in total. The summed E-state index contributed by atoms with van der Waals surface area (Å²) in [6.07, 6.45) is 16.0. The molecule has 2 aliphatic rings. The van der Waals surface area contributed by atoms with Gasteiger partial charge in [0.1, 0.15) is 0 Å². The van der Waals surface area contributed by atoms with Crippen LogP contribution in [0.2, 0.25) is 0 Å². The van der Waals surface area contributed by atoms with E-state index in [2.05, 4.69) is 19.2 Å². The Hall–Kier alpha value is -0.0400. The van der Waals surface area contributed by atoms with Crippen molar-refractivity contribution in [2.45, 2.75) is 90.5 Å². The van der Waals surface area contributed by atoms with E-state index in [9.17, 15) is 0 Å². The Kier molecular flexibility index (Phi) is 5.54. The van der Waals surface area contributed by atoms with Gasteiger partial charge in [-0.1, -0.05) is 58.8 Å². The van der Waals surface area contributed by atoms with Crippen molar-refractivity contribution in [1.82, 2.24) is 5.32 Å². The van der Waals surface area contributed by atoms with Crippen molar-refractivity contribution in [3.63, 3.8) is 0 Å². The zero-order valence-corrected chi connectivity index (χ0v) is 12.6. The van der Waals surface area contributed by atoms with E-state index in [-0.39, 0.29) is 0 Å². The predicted molar refractivity (Wildman–Crippen MR) is 79.8 cm³/mol. The highest BCUT2D eigenvalue weighted by Crippen LogP contribution is 2.42. The summed E-state index contributed by atoms with van der Waals surface area (Å²) in [7, 11) is 0. The molecule has 0 bridgehead atoms. The normalized spacial score (nSPS) is 26.3. The SMILES string of the molecule is CCCNC(CC1CCCC1)C1(C)CCCCC1. The Morgan fingerprint density at radius 1 is 1.06 bits per heavy atom. The number of hydrogen-bond donors (Lipinski definition) is 1. The van der Waals surface area contributed by atoms with Gasteiger partial charge in [-0.25, -0.2) is 0 Å². The molecule has 0 saturated heterocycles. The predicted octanol–water partition coefficient (Wildman–Crippen LogP) is 4.91. The molecule has 0 heterocycles. The highest BCUT2D eigenvalue weighted by molar-refractivity contribution is 4.91. The molecule has 0 amide bonds. The first-order chi connectivity index (χ1) is 8.74. The van der Waals surface area contributed by atoms with Crippen LogP contribution in [0.15, 0.2) is 0 Å². The van der Waals surface area contributed by atoms with Gasteiger partial charge in [-0.2, -0.15) is 0 Å². The standard InChI is InChI=1S/C17H33N/c1-3-13-18-16(14-15-9-5-6-10-15)17(2)11-7-4-8-12-17/h15-16,18H,3-14H2,1-2H3. The number of rotatable bonds is 6. The van der Waals surface area contributed by atoms with Gasteiger partial charge in [0.2, 0.25) is 0 Å². The Morgan fingerprint density at radius 2 is 1.72 bits per heavy atom. The van der Waals surface area contributed by atoms with Crippen molar-refractivity contribution in [1.29, 1.82) is 0 Å². The topological polar surface area (TPSA) is 12.0 Å². The molecule has 1 nitrogen and oxygen atoms in total. The molecule has 0 spiro atoms. The van der Waals surface area contributed by atoms with Crippen molar-refractivity contribution < 1.29 is 0 Å². The Bertz CT molecular complexity index is 224. The third-order valence-corrected chi connectivity index (χ3v) is 5.52. The lowest BCUT2D eigenvalue weighted by atomic mass is 9.68. The second kappa shape index (κ2) is 6.93. The summed E-state index contributed by atoms with van der Waals surface area (Å²) in [5, 5.41) is 3.91. The van der Waals surface area contributed by atoms with Crippen molar-refractivity contribution >= 4 is 0 Å². The fourth-order valence-electron chi connectivity index (χ4n) is 4.22. The van der Waals surface area contributed by atoms with Gasteiger partial charge in [-0.3, -0.25) is 0 Å². The molecular weight excluding hydrogens is 218 g/mol. The smallest absolute Gasteiger partial charge is 0.0123 e. The summed E-state index contributed by atoms with van der Waals surface area (Å²) in [5.74, 6) is 1.03. The molecule has 1 heteroatoms. The minimum Gasteiger partial charge on any atom is -0.313 e. The summed E-state index contributed by atoms with van der Waals surface area (Å²) >= 11 is 0. The van der Waals surface area contributed by atoms with Crippen LogP contribution in [0, 0.1) is 11.3 Å². The lowest BCUT2D eigenvalue weighted by Gasteiger charge is -2.42. The van der Waals surface area contributed by atoms with Gasteiger partial charge < -0.3 is 5.32 Å². The van der Waals surface area contributed by atoms with E-state index >= 15 is 0 Å². The van der Waals surface area contributed by atoms with Crippen LogP contribution in [0.5, 0.6) is 0 Å². The minimum atomic E-state index is 0.593. The van der Waals surface area contributed by atoms with E-state index < -0.39 is 0 Å². The monoisotopic (exact) mass is 251 g/mol. The summed E-state index contributed by atoms with van der Waals surface area (Å²) in [6.45, 7) is 6.07. The van der Waals surface area contributed by atoms with E-state index in [1.165, 1.54) is 77.2 Å². The molecule has 0 aromatic rings. The molecule has 106 valence electrons. The largest absolute Gasteiger partial charge is 0.313 e. The second-order valence-corrected chi connectivity index (χ2v) is 7.11. The molecule has 2 saturated carbocycles. The van der Waals surface area contributed by atoms with Crippen LogP contribution >= 0.6 is 0 Å².